The number of carbonyl (C=O) groups excluding carboxylic acids is 1. The summed E-state index contributed by atoms with van der Waals surface area (Å²) in [7, 11) is 0.665. The molecule has 2 aromatic rings. The molecule has 24 heavy (non-hydrogen) atoms. The molecule has 128 valence electrons. The number of rotatable bonds is 2. The first-order valence-corrected chi connectivity index (χ1v) is 9.69. The van der Waals surface area contributed by atoms with Crippen LogP contribution in [0.15, 0.2) is 30.6 Å². The molecule has 0 bridgehead atoms. The number of pyridine rings is 1. The zero-order valence-electron chi connectivity index (χ0n) is 13.7. The van der Waals surface area contributed by atoms with Gasteiger partial charge in [0.2, 0.25) is 0 Å². The van der Waals surface area contributed by atoms with Gasteiger partial charge in [0.05, 0.1) is 16.5 Å². The van der Waals surface area contributed by atoms with Gasteiger partial charge in [-0.25, -0.2) is 12.9 Å². The molecule has 0 aliphatic carbocycles. The first kappa shape index (κ1) is 15.6. The van der Waals surface area contributed by atoms with Gasteiger partial charge in [-0.05, 0) is 32.3 Å². The summed E-state index contributed by atoms with van der Waals surface area (Å²) in [6, 6.07) is 5.34. The molecule has 0 radical (unpaired) electrons. The van der Waals surface area contributed by atoms with E-state index in [1.165, 1.54) is 0 Å². The van der Waals surface area contributed by atoms with E-state index < -0.39 is 15.1 Å². The Bertz CT molecular complexity index is 905. The monoisotopic (exact) mass is 348 g/mol. The minimum Gasteiger partial charge on any atom is -0.337 e. The third-order valence-corrected chi connectivity index (χ3v) is 7.49. The van der Waals surface area contributed by atoms with Crippen molar-refractivity contribution < 1.29 is 13.2 Å². The van der Waals surface area contributed by atoms with Crippen molar-refractivity contribution in [2.24, 2.45) is 5.92 Å². The topological polar surface area (TPSA) is 75.0 Å². The number of sulfone groups is 1. The molecule has 2 aliphatic heterocycles. The van der Waals surface area contributed by atoms with E-state index in [1.807, 2.05) is 25.1 Å². The van der Waals surface area contributed by atoms with Gasteiger partial charge >= 0.3 is 0 Å². The van der Waals surface area contributed by atoms with Crippen molar-refractivity contribution >= 4 is 21.3 Å². The van der Waals surface area contributed by atoms with Crippen molar-refractivity contribution in [2.45, 2.75) is 11.3 Å². The van der Waals surface area contributed by atoms with Crippen LogP contribution in [0, 0.1) is 5.92 Å². The van der Waals surface area contributed by atoms with Gasteiger partial charge in [0, 0.05) is 43.0 Å². The number of aromatic nitrogens is 2. The van der Waals surface area contributed by atoms with Crippen molar-refractivity contribution in [1.29, 1.82) is 0 Å². The van der Waals surface area contributed by atoms with Crippen LogP contribution in [-0.4, -0.2) is 78.0 Å². The molecule has 2 saturated heterocycles. The van der Waals surface area contributed by atoms with Crippen molar-refractivity contribution in [3.8, 4) is 0 Å². The molecule has 2 aromatic heterocycles. The maximum absolute atomic E-state index is 12.8. The van der Waals surface area contributed by atoms with Crippen LogP contribution in [0.25, 0.3) is 5.52 Å². The van der Waals surface area contributed by atoms with Crippen LogP contribution >= 0.6 is 0 Å². The number of hydrogen-bond donors (Lipinski definition) is 0. The molecule has 0 aromatic carbocycles. The normalized spacial score (nSPS) is 28.6. The number of hydrogen-bond acceptors (Lipinski definition) is 5. The first-order chi connectivity index (χ1) is 11.4. The van der Waals surface area contributed by atoms with E-state index in [9.17, 15) is 13.2 Å². The minimum atomic E-state index is -3.14. The van der Waals surface area contributed by atoms with Gasteiger partial charge in [0.1, 0.15) is 0 Å². The first-order valence-electron chi connectivity index (χ1n) is 7.97. The summed E-state index contributed by atoms with van der Waals surface area (Å²) in [5.41, 5.74) is 1.42. The van der Waals surface area contributed by atoms with E-state index in [1.54, 1.807) is 33.9 Å². The summed E-state index contributed by atoms with van der Waals surface area (Å²) in [5, 5.41) is 3.68. The quantitative estimate of drug-likeness (QED) is 0.771. The molecule has 0 N–H and O–H groups in total. The van der Waals surface area contributed by atoms with Crippen LogP contribution in [-0.2, 0) is 9.84 Å². The van der Waals surface area contributed by atoms with Crippen LogP contribution in [0.1, 0.15) is 10.4 Å². The summed E-state index contributed by atoms with van der Waals surface area (Å²) >= 11 is 0. The van der Waals surface area contributed by atoms with Gasteiger partial charge < -0.3 is 9.80 Å². The lowest BCUT2D eigenvalue weighted by atomic mass is 10.00. The zero-order chi connectivity index (χ0) is 17.1. The summed E-state index contributed by atoms with van der Waals surface area (Å²) < 4.78 is 26.5. The van der Waals surface area contributed by atoms with Gasteiger partial charge in [-0.15, -0.1) is 0 Å². The molecule has 4 rings (SSSR count). The summed E-state index contributed by atoms with van der Waals surface area (Å²) in [5.74, 6) is 0.0764. The SMILES string of the molecule is CN(C)[C@@H]1CS(=O)(=O)[C@H]2CN(C(=O)c3ccn4nccc4c3)C[C@@H]12. The fourth-order valence-electron chi connectivity index (χ4n) is 3.97. The van der Waals surface area contributed by atoms with Crippen molar-refractivity contribution in [3.05, 3.63) is 36.2 Å². The molecule has 4 heterocycles. The molecule has 3 atom stereocenters. The summed E-state index contributed by atoms with van der Waals surface area (Å²) in [6.45, 7) is 0.788. The highest BCUT2D eigenvalue weighted by atomic mass is 32.2. The van der Waals surface area contributed by atoms with E-state index in [4.69, 9.17) is 0 Å². The van der Waals surface area contributed by atoms with Crippen molar-refractivity contribution in [2.75, 3.05) is 32.9 Å². The number of carbonyl (C=O) groups is 1. The largest absolute Gasteiger partial charge is 0.337 e. The van der Waals surface area contributed by atoms with Crippen molar-refractivity contribution in [3.63, 3.8) is 0 Å². The lowest BCUT2D eigenvalue weighted by Crippen LogP contribution is -2.38. The molecule has 0 saturated carbocycles. The molecule has 2 aliphatic rings. The lowest BCUT2D eigenvalue weighted by molar-refractivity contribution is 0.0779. The Morgan fingerprint density at radius 1 is 1.29 bits per heavy atom. The van der Waals surface area contributed by atoms with Gasteiger partial charge in [0.25, 0.3) is 5.91 Å². The Morgan fingerprint density at radius 3 is 2.83 bits per heavy atom. The van der Waals surface area contributed by atoms with E-state index in [0.717, 1.165) is 5.52 Å². The number of likely N-dealkylation sites (tertiary alicyclic amines) is 1. The summed E-state index contributed by atoms with van der Waals surface area (Å²) in [4.78, 5) is 16.5. The zero-order valence-corrected chi connectivity index (χ0v) is 14.5. The fraction of sp³-hybridized carbons (Fsp3) is 0.500. The van der Waals surface area contributed by atoms with E-state index in [2.05, 4.69) is 5.10 Å². The van der Waals surface area contributed by atoms with E-state index >= 15 is 0 Å². The van der Waals surface area contributed by atoms with Gasteiger partial charge in [-0.1, -0.05) is 0 Å². The average molecular weight is 348 g/mol. The Labute approximate surface area is 140 Å². The molecular formula is C16H20N4O3S. The predicted octanol–water partition coefficient (Wildman–Crippen LogP) is 0.134. The van der Waals surface area contributed by atoms with Crippen LogP contribution in [0.3, 0.4) is 0 Å². The molecule has 8 heteroatoms. The fourth-order valence-corrected chi connectivity index (χ4v) is 6.44. The smallest absolute Gasteiger partial charge is 0.254 e. The molecular weight excluding hydrogens is 328 g/mol. The highest BCUT2D eigenvalue weighted by Crippen LogP contribution is 2.36. The molecule has 2 fully saturated rings. The van der Waals surface area contributed by atoms with Gasteiger partial charge in [-0.2, -0.15) is 5.10 Å². The number of amides is 1. The van der Waals surface area contributed by atoms with Crippen LogP contribution in [0.4, 0.5) is 0 Å². The van der Waals surface area contributed by atoms with Crippen LogP contribution in [0.5, 0.6) is 0 Å². The van der Waals surface area contributed by atoms with E-state index in [-0.39, 0.29) is 23.6 Å². The predicted molar refractivity (Wildman–Crippen MR) is 89.6 cm³/mol. The minimum absolute atomic E-state index is 0.00681. The second-order valence-corrected chi connectivity index (χ2v) is 9.15. The molecule has 1 amide bonds. The Morgan fingerprint density at radius 2 is 2.08 bits per heavy atom. The Kier molecular flexibility index (Phi) is 3.43. The van der Waals surface area contributed by atoms with Gasteiger partial charge in [0.15, 0.2) is 9.84 Å². The summed E-state index contributed by atoms with van der Waals surface area (Å²) in [6.07, 6.45) is 3.43. The lowest BCUT2D eigenvalue weighted by Gasteiger charge is -2.25. The van der Waals surface area contributed by atoms with Crippen LogP contribution in [0.2, 0.25) is 0 Å². The highest BCUT2D eigenvalue weighted by molar-refractivity contribution is 7.92. The third kappa shape index (κ3) is 2.32. The Balaban J connectivity index is 1.61. The van der Waals surface area contributed by atoms with E-state index in [0.29, 0.717) is 18.7 Å². The second-order valence-electron chi connectivity index (χ2n) is 6.89. The number of nitrogens with zero attached hydrogens (tertiary/aromatic N) is 4. The molecule has 0 spiro atoms. The molecule has 0 unspecified atom stereocenters. The van der Waals surface area contributed by atoms with Gasteiger partial charge in [-0.3, -0.25) is 4.79 Å². The van der Waals surface area contributed by atoms with Crippen molar-refractivity contribution in [1.82, 2.24) is 19.4 Å². The van der Waals surface area contributed by atoms with Crippen LogP contribution < -0.4 is 0 Å². The maximum atomic E-state index is 12.8. The standard InChI is InChI=1S/C16H20N4O3S/c1-18(2)14-10-24(22,23)15-9-19(8-13(14)15)16(21)11-4-6-20-12(7-11)3-5-17-20/h3-7,13-15H,8-10H2,1-2H3/t13-,14+,15-/m0/s1. The second kappa shape index (κ2) is 5.29. The number of fused-ring (bicyclic) bond motifs is 2. The maximum Gasteiger partial charge on any atom is 0.254 e. The third-order valence-electron chi connectivity index (χ3n) is 5.26. The highest BCUT2D eigenvalue weighted by Gasteiger charge is 2.53. The Hall–Kier alpha value is -1.93. The molecule has 7 nitrogen and oxygen atoms in total. The average Bonchev–Trinajstić information content (AvgIpc) is 3.21.